The van der Waals surface area contributed by atoms with E-state index in [0.29, 0.717) is 0 Å². The predicted molar refractivity (Wildman–Crippen MR) is 77.5 cm³/mol. The summed E-state index contributed by atoms with van der Waals surface area (Å²) < 4.78 is 56.1. The van der Waals surface area contributed by atoms with Crippen molar-refractivity contribution in [3.05, 3.63) is 60.2 Å². The first-order valence-corrected chi connectivity index (χ1v) is 11.9. The smallest absolute Gasteiger partial charge is 0.302 e. The monoisotopic (exact) mass is 314 g/mol. The molecule has 0 radical (unpaired) electrons. The molecule has 0 fully saturated rings. The lowest BCUT2D eigenvalue weighted by Crippen LogP contribution is -2.67. The van der Waals surface area contributed by atoms with E-state index < -0.39 is 27.5 Å². The van der Waals surface area contributed by atoms with Gasteiger partial charge in [0.25, 0.3) is 0 Å². The van der Waals surface area contributed by atoms with Crippen molar-refractivity contribution in [2.75, 3.05) is 0 Å². The minimum Gasteiger partial charge on any atom is -0.308 e. The van der Waals surface area contributed by atoms with Gasteiger partial charge in [-0.25, -0.2) is 8.78 Å². The number of halogens is 4. The van der Waals surface area contributed by atoms with Crippen LogP contribution in [-0.4, -0.2) is 15.9 Å². The van der Waals surface area contributed by atoms with Gasteiger partial charge < -0.3 is 8.22 Å². The summed E-state index contributed by atoms with van der Waals surface area (Å²) in [6.45, 7) is 2.58. The average Bonchev–Trinajstić information content (AvgIpc) is 2.39. The highest BCUT2D eigenvalue weighted by molar-refractivity contribution is 7.45. The van der Waals surface area contributed by atoms with Crippen molar-refractivity contribution in [1.82, 2.24) is 0 Å². The lowest BCUT2D eigenvalue weighted by atomic mass is 10.3. The van der Waals surface area contributed by atoms with Crippen molar-refractivity contribution < 1.29 is 17.0 Å². The SMILES string of the molecule is C[Si@](F)(c1ccc(F)cc1)[Si@@](C)(F)c1ccc(F)cc1. The standard InChI is InChI=1S/C14H14F4Si2/c1-19(17,13-7-3-11(15)4-8-13)20(2,18)14-9-5-12(16)6-10-14/h3-10H,1-2H3/t19-,20-/m1/s1. The summed E-state index contributed by atoms with van der Waals surface area (Å²) >= 11 is 0. The average molecular weight is 314 g/mol. The Bertz CT molecular complexity index is 536. The second-order valence-electron chi connectivity index (χ2n) is 5.02. The van der Waals surface area contributed by atoms with Crippen molar-refractivity contribution in [3.63, 3.8) is 0 Å². The summed E-state index contributed by atoms with van der Waals surface area (Å²) in [6, 6.07) is 9.74. The van der Waals surface area contributed by atoms with Gasteiger partial charge in [0.1, 0.15) is 11.6 Å². The highest BCUT2D eigenvalue weighted by atomic mass is 29.3. The fourth-order valence-electron chi connectivity index (χ4n) is 2.07. The third-order valence-corrected chi connectivity index (χ3v) is 15.3. The van der Waals surface area contributed by atoms with Gasteiger partial charge >= 0.3 is 15.9 Å². The molecular weight excluding hydrogens is 300 g/mol. The second kappa shape index (κ2) is 5.18. The number of benzene rings is 2. The molecule has 0 spiro atoms. The molecule has 0 saturated heterocycles. The van der Waals surface area contributed by atoms with Gasteiger partial charge in [-0.05, 0) is 47.7 Å². The van der Waals surface area contributed by atoms with Gasteiger partial charge in [-0.2, -0.15) is 0 Å². The summed E-state index contributed by atoms with van der Waals surface area (Å²) in [6.07, 6.45) is 0. The Labute approximate surface area is 117 Å². The molecule has 2 atom stereocenters. The maximum Gasteiger partial charge on any atom is 0.302 e. The molecule has 0 nitrogen and oxygen atoms in total. The molecule has 20 heavy (non-hydrogen) atoms. The Morgan fingerprint density at radius 1 is 0.600 bits per heavy atom. The van der Waals surface area contributed by atoms with Gasteiger partial charge in [0, 0.05) is 0 Å². The maximum absolute atomic E-state index is 15.1. The van der Waals surface area contributed by atoms with E-state index in [2.05, 4.69) is 0 Å². The van der Waals surface area contributed by atoms with Crippen molar-refractivity contribution in [3.8, 4) is 0 Å². The predicted octanol–water partition coefficient (Wildman–Crippen LogP) is 3.25. The topological polar surface area (TPSA) is 0 Å². The third-order valence-electron chi connectivity index (χ3n) is 3.65. The van der Waals surface area contributed by atoms with Crippen LogP contribution in [0.25, 0.3) is 0 Å². The fraction of sp³-hybridized carbons (Fsp3) is 0.143. The molecule has 0 unspecified atom stereocenters. The van der Waals surface area contributed by atoms with Crippen molar-refractivity contribution in [1.29, 1.82) is 0 Å². The van der Waals surface area contributed by atoms with Gasteiger partial charge in [0.2, 0.25) is 0 Å². The molecule has 0 saturated carbocycles. The van der Waals surface area contributed by atoms with E-state index in [9.17, 15) is 8.78 Å². The van der Waals surface area contributed by atoms with Crippen LogP contribution in [0, 0.1) is 11.6 Å². The first-order valence-electron chi connectivity index (χ1n) is 6.15. The molecule has 0 amide bonds. The summed E-state index contributed by atoms with van der Waals surface area (Å²) in [4.78, 5) is 0. The van der Waals surface area contributed by atoms with Gasteiger partial charge in [-0.1, -0.05) is 24.3 Å². The maximum atomic E-state index is 15.1. The fourth-order valence-corrected chi connectivity index (χ4v) is 8.99. The molecule has 0 aromatic heterocycles. The summed E-state index contributed by atoms with van der Waals surface area (Å²) in [5, 5.41) is 0.444. The Balaban J connectivity index is 2.45. The third kappa shape index (κ3) is 2.57. The minimum atomic E-state index is -3.91. The molecule has 2 aromatic carbocycles. The molecule has 2 rings (SSSR count). The van der Waals surface area contributed by atoms with Crippen LogP contribution in [0.15, 0.2) is 48.5 Å². The quantitative estimate of drug-likeness (QED) is 0.463. The van der Waals surface area contributed by atoms with E-state index in [0.717, 1.165) is 24.3 Å². The van der Waals surface area contributed by atoms with Crippen LogP contribution in [0.4, 0.5) is 17.0 Å². The zero-order chi connectivity index (χ0) is 15.0. The Morgan fingerprint density at radius 2 is 0.850 bits per heavy atom. The number of hydrogen-bond acceptors (Lipinski definition) is 0. The Morgan fingerprint density at radius 3 is 1.10 bits per heavy atom. The van der Waals surface area contributed by atoms with Crippen LogP contribution < -0.4 is 10.4 Å². The summed E-state index contributed by atoms with van der Waals surface area (Å²) in [7, 11) is -7.81. The van der Waals surface area contributed by atoms with Gasteiger partial charge in [-0.15, -0.1) is 0 Å². The first-order chi connectivity index (χ1) is 9.25. The van der Waals surface area contributed by atoms with E-state index in [4.69, 9.17) is 0 Å². The Hall–Kier alpha value is -1.41. The minimum absolute atomic E-state index is 0.222. The van der Waals surface area contributed by atoms with Crippen LogP contribution in [0.2, 0.25) is 13.1 Å². The van der Waals surface area contributed by atoms with Crippen molar-refractivity contribution >= 4 is 26.2 Å². The zero-order valence-electron chi connectivity index (χ0n) is 11.1. The first kappa shape index (κ1) is 15.0. The van der Waals surface area contributed by atoms with Crippen molar-refractivity contribution in [2.24, 2.45) is 0 Å². The molecule has 106 valence electrons. The van der Waals surface area contributed by atoms with E-state index in [1.807, 2.05) is 0 Å². The molecule has 6 heteroatoms. The highest BCUT2D eigenvalue weighted by Crippen LogP contribution is 2.22. The molecule has 0 bridgehead atoms. The molecular formula is C14H14F4Si2. The zero-order valence-corrected chi connectivity index (χ0v) is 13.1. The van der Waals surface area contributed by atoms with E-state index in [1.165, 1.54) is 37.4 Å². The van der Waals surface area contributed by atoms with Crippen LogP contribution in [0.5, 0.6) is 0 Å². The summed E-state index contributed by atoms with van der Waals surface area (Å²) in [5.74, 6) is -0.967. The lowest BCUT2D eigenvalue weighted by molar-refractivity contribution is 0.627. The molecule has 2 aromatic rings. The summed E-state index contributed by atoms with van der Waals surface area (Å²) in [5.41, 5.74) is 0. The van der Waals surface area contributed by atoms with Gasteiger partial charge in [0.05, 0.1) is 0 Å². The molecule has 0 aliphatic rings. The Kier molecular flexibility index (Phi) is 3.88. The van der Waals surface area contributed by atoms with E-state index in [-0.39, 0.29) is 10.4 Å². The number of rotatable bonds is 3. The normalized spacial score (nSPS) is 17.3. The van der Waals surface area contributed by atoms with Crippen LogP contribution >= 0.6 is 0 Å². The van der Waals surface area contributed by atoms with Crippen LogP contribution in [-0.2, 0) is 0 Å². The van der Waals surface area contributed by atoms with Crippen LogP contribution in [0.1, 0.15) is 0 Å². The van der Waals surface area contributed by atoms with Crippen LogP contribution in [0.3, 0.4) is 0 Å². The molecule has 0 aliphatic carbocycles. The van der Waals surface area contributed by atoms with Gasteiger partial charge in [-0.3, -0.25) is 0 Å². The second-order valence-corrected chi connectivity index (χ2v) is 15.8. The van der Waals surface area contributed by atoms with Gasteiger partial charge in [0.15, 0.2) is 0 Å². The van der Waals surface area contributed by atoms with E-state index in [1.54, 1.807) is 0 Å². The molecule has 0 heterocycles. The molecule has 0 N–H and O–H groups in total. The molecule has 0 aliphatic heterocycles. The lowest BCUT2D eigenvalue weighted by Gasteiger charge is -2.29. The van der Waals surface area contributed by atoms with Crippen molar-refractivity contribution in [2.45, 2.75) is 13.1 Å². The largest absolute Gasteiger partial charge is 0.308 e. The van der Waals surface area contributed by atoms with E-state index >= 15 is 8.22 Å². The highest BCUT2D eigenvalue weighted by Gasteiger charge is 2.55. The number of hydrogen-bond donors (Lipinski definition) is 0.